The van der Waals surface area contributed by atoms with Crippen molar-refractivity contribution >= 4 is 0 Å². The molecule has 1 atom stereocenters. The highest BCUT2D eigenvalue weighted by atomic mass is 19.3. The van der Waals surface area contributed by atoms with Crippen LogP contribution in [0.15, 0.2) is 24.3 Å². The molecule has 0 radical (unpaired) electrons. The number of ether oxygens (including phenoxy) is 2. The zero-order valence-electron chi connectivity index (χ0n) is 10.7. The molecule has 0 amide bonds. The van der Waals surface area contributed by atoms with Crippen LogP contribution in [0.3, 0.4) is 0 Å². The number of benzene rings is 1. The van der Waals surface area contributed by atoms with Crippen molar-refractivity contribution in [1.82, 2.24) is 5.32 Å². The molecule has 0 aliphatic rings. The van der Waals surface area contributed by atoms with E-state index in [1.165, 1.54) is 0 Å². The van der Waals surface area contributed by atoms with Gasteiger partial charge >= 0.3 is 6.61 Å². The van der Waals surface area contributed by atoms with Crippen molar-refractivity contribution in [2.24, 2.45) is 0 Å². The van der Waals surface area contributed by atoms with Gasteiger partial charge in [-0.25, -0.2) is 0 Å². The fraction of sp³-hybridized carbons (Fsp3) is 0.538. The second kappa shape index (κ2) is 8.00. The molecule has 1 unspecified atom stereocenters. The van der Waals surface area contributed by atoms with Crippen LogP contribution in [0.4, 0.5) is 8.78 Å². The maximum absolute atomic E-state index is 12.0. The number of alkyl halides is 2. The van der Waals surface area contributed by atoms with Gasteiger partial charge in [0.25, 0.3) is 0 Å². The number of rotatable bonds is 8. The number of halogens is 2. The first-order valence-electron chi connectivity index (χ1n) is 5.88. The van der Waals surface area contributed by atoms with E-state index in [0.717, 1.165) is 18.4 Å². The molecule has 1 aromatic carbocycles. The number of hydrogen-bond donors (Lipinski definition) is 1. The average molecular weight is 259 g/mol. The zero-order chi connectivity index (χ0) is 13.4. The molecule has 1 aromatic rings. The summed E-state index contributed by atoms with van der Waals surface area (Å²) in [5.74, 6) is 0.181. The molecule has 3 nitrogen and oxygen atoms in total. The minimum atomic E-state index is -2.78. The lowest BCUT2D eigenvalue weighted by Gasteiger charge is -2.16. The van der Waals surface area contributed by atoms with Crippen molar-refractivity contribution in [3.8, 4) is 5.75 Å². The smallest absolute Gasteiger partial charge is 0.387 e. The van der Waals surface area contributed by atoms with E-state index < -0.39 is 6.61 Å². The quantitative estimate of drug-likeness (QED) is 0.728. The van der Waals surface area contributed by atoms with Gasteiger partial charge in [-0.15, -0.1) is 0 Å². The third-order valence-corrected chi connectivity index (χ3v) is 2.70. The Morgan fingerprint density at radius 3 is 2.39 bits per heavy atom. The van der Waals surface area contributed by atoms with Gasteiger partial charge in [0.2, 0.25) is 0 Å². The standard InChI is InChI=1S/C13H19F2NO2/c1-16-12(4-3-9-17-2)10-5-7-11(8-6-10)18-13(14)15/h5-8,12-13,16H,3-4,9H2,1-2H3. The minimum absolute atomic E-state index is 0.181. The van der Waals surface area contributed by atoms with Crippen LogP contribution in [0, 0.1) is 0 Å². The third-order valence-electron chi connectivity index (χ3n) is 2.70. The summed E-state index contributed by atoms with van der Waals surface area (Å²) in [5.41, 5.74) is 1.05. The second-order valence-electron chi connectivity index (χ2n) is 3.92. The Morgan fingerprint density at radius 1 is 1.22 bits per heavy atom. The van der Waals surface area contributed by atoms with Crippen LogP contribution in [0.1, 0.15) is 24.4 Å². The molecule has 0 saturated heterocycles. The van der Waals surface area contributed by atoms with Gasteiger partial charge in [0.05, 0.1) is 0 Å². The lowest BCUT2D eigenvalue weighted by Crippen LogP contribution is -2.16. The van der Waals surface area contributed by atoms with Crippen molar-refractivity contribution in [1.29, 1.82) is 0 Å². The summed E-state index contributed by atoms with van der Waals surface area (Å²) in [6.07, 6.45) is 1.87. The molecular formula is C13H19F2NO2. The Balaban J connectivity index is 2.57. The van der Waals surface area contributed by atoms with Gasteiger partial charge in [-0.05, 0) is 37.6 Å². The van der Waals surface area contributed by atoms with E-state index in [1.54, 1.807) is 31.4 Å². The Kier molecular flexibility index (Phi) is 6.60. The van der Waals surface area contributed by atoms with Crippen LogP contribution in [0.5, 0.6) is 5.75 Å². The summed E-state index contributed by atoms with van der Waals surface area (Å²) in [4.78, 5) is 0. The normalized spacial score (nSPS) is 12.7. The van der Waals surface area contributed by atoms with Gasteiger partial charge in [-0.1, -0.05) is 12.1 Å². The molecule has 0 aliphatic carbocycles. The van der Waals surface area contributed by atoms with Crippen molar-refractivity contribution in [3.63, 3.8) is 0 Å². The second-order valence-corrected chi connectivity index (χ2v) is 3.92. The largest absolute Gasteiger partial charge is 0.435 e. The predicted molar refractivity (Wildman–Crippen MR) is 66.0 cm³/mol. The molecule has 1 rings (SSSR count). The highest BCUT2D eigenvalue weighted by molar-refractivity contribution is 5.29. The van der Waals surface area contributed by atoms with Crippen molar-refractivity contribution < 1.29 is 18.3 Å². The zero-order valence-corrected chi connectivity index (χ0v) is 10.7. The molecule has 102 valence electrons. The Bertz CT molecular complexity index is 330. The molecule has 0 saturated carbocycles. The van der Waals surface area contributed by atoms with Gasteiger partial charge in [-0.2, -0.15) is 8.78 Å². The number of methoxy groups -OCH3 is 1. The van der Waals surface area contributed by atoms with Gasteiger partial charge in [0.1, 0.15) is 5.75 Å². The summed E-state index contributed by atoms with van der Waals surface area (Å²) in [7, 11) is 3.55. The molecule has 0 bridgehead atoms. The van der Waals surface area contributed by atoms with Crippen LogP contribution in [0.25, 0.3) is 0 Å². The van der Waals surface area contributed by atoms with Crippen molar-refractivity contribution in [2.45, 2.75) is 25.5 Å². The SMILES string of the molecule is CNC(CCCOC)c1ccc(OC(F)F)cc1. The lowest BCUT2D eigenvalue weighted by atomic mass is 10.0. The van der Waals surface area contributed by atoms with Gasteiger partial charge < -0.3 is 14.8 Å². The number of nitrogens with one attached hydrogen (secondary N) is 1. The summed E-state index contributed by atoms with van der Waals surface area (Å²) in [6, 6.07) is 6.91. The molecule has 0 fully saturated rings. The molecule has 0 heterocycles. The molecule has 0 aliphatic heterocycles. The topological polar surface area (TPSA) is 30.5 Å². The van der Waals surface area contributed by atoms with Gasteiger partial charge in [0.15, 0.2) is 0 Å². The van der Waals surface area contributed by atoms with Crippen molar-refractivity contribution in [2.75, 3.05) is 20.8 Å². The van der Waals surface area contributed by atoms with E-state index in [9.17, 15) is 8.78 Å². The first-order valence-corrected chi connectivity index (χ1v) is 5.88. The number of hydrogen-bond acceptors (Lipinski definition) is 3. The molecule has 18 heavy (non-hydrogen) atoms. The highest BCUT2D eigenvalue weighted by Gasteiger charge is 2.10. The highest BCUT2D eigenvalue weighted by Crippen LogP contribution is 2.22. The fourth-order valence-corrected chi connectivity index (χ4v) is 1.79. The molecule has 0 spiro atoms. The summed E-state index contributed by atoms with van der Waals surface area (Å²) in [6.45, 7) is -2.07. The fourth-order valence-electron chi connectivity index (χ4n) is 1.79. The van der Waals surface area contributed by atoms with E-state index in [0.29, 0.717) is 6.61 Å². The van der Waals surface area contributed by atoms with Gasteiger partial charge in [-0.3, -0.25) is 0 Å². The molecule has 0 aromatic heterocycles. The summed E-state index contributed by atoms with van der Waals surface area (Å²) >= 11 is 0. The first kappa shape index (κ1) is 14.9. The lowest BCUT2D eigenvalue weighted by molar-refractivity contribution is -0.0498. The summed E-state index contributed by atoms with van der Waals surface area (Å²) in [5, 5.41) is 3.19. The average Bonchev–Trinajstić information content (AvgIpc) is 2.35. The third kappa shape index (κ3) is 4.98. The van der Waals surface area contributed by atoms with Crippen LogP contribution in [-0.4, -0.2) is 27.4 Å². The Hall–Kier alpha value is -1.20. The van der Waals surface area contributed by atoms with E-state index in [1.807, 2.05) is 7.05 Å². The van der Waals surface area contributed by atoms with E-state index >= 15 is 0 Å². The van der Waals surface area contributed by atoms with E-state index in [2.05, 4.69) is 10.1 Å². The van der Waals surface area contributed by atoms with Crippen LogP contribution in [-0.2, 0) is 4.74 Å². The van der Waals surface area contributed by atoms with Crippen LogP contribution in [0.2, 0.25) is 0 Å². The Labute approximate surface area is 106 Å². The first-order chi connectivity index (χ1) is 8.67. The van der Waals surface area contributed by atoms with Gasteiger partial charge in [0, 0.05) is 19.8 Å². The molecule has 1 N–H and O–H groups in total. The molecular weight excluding hydrogens is 240 g/mol. The predicted octanol–water partition coefficient (Wildman–Crippen LogP) is 2.98. The molecule has 5 heteroatoms. The van der Waals surface area contributed by atoms with Crippen LogP contribution >= 0.6 is 0 Å². The maximum atomic E-state index is 12.0. The van der Waals surface area contributed by atoms with E-state index in [4.69, 9.17) is 4.74 Å². The van der Waals surface area contributed by atoms with Crippen LogP contribution < -0.4 is 10.1 Å². The van der Waals surface area contributed by atoms with Crippen molar-refractivity contribution in [3.05, 3.63) is 29.8 Å². The monoisotopic (exact) mass is 259 g/mol. The maximum Gasteiger partial charge on any atom is 0.387 e. The summed E-state index contributed by atoms with van der Waals surface area (Å²) < 4.78 is 33.3. The van der Waals surface area contributed by atoms with E-state index in [-0.39, 0.29) is 11.8 Å². The minimum Gasteiger partial charge on any atom is -0.435 e. The Morgan fingerprint density at radius 2 is 1.89 bits per heavy atom.